The molecule has 0 radical (unpaired) electrons. The fourth-order valence-electron chi connectivity index (χ4n) is 1.69. The number of hydrogen-bond donors (Lipinski definition) is 3. The van der Waals surface area contributed by atoms with E-state index in [0.29, 0.717) is 17.5 Å². The number of sulfonamides is 1. The van der Waals surface area contributed by atoms with Crippen LogP contribution < -0.4 is 16.6 Å². The van der Waals surface area contributed by atoms with Gasteiger partial charge in [0, 0.05) is 32.6 Å². The highest BCUT2D eigenvalue weighted by atomic mass is 32.2. The molecule has 0 aliphatic carbocycles. The quantitative estimate of drug-likeness (QED) is 0.468. The Morgan fingerprint density at radius 2 is 1.86 bits per heavy atom. The molecule has 0 spiro atoms. The van der Waals surface area contributed by atoms with Crippen molar-refractivity contribution in [3.05, 3.63) is 11.4 Å². The molecule has 0 aliphatic rings. The van der Waals surface area contributed by atoms with Gasteiger partial charge in [0.05, 0.1) is 5.75 Å². The van der Waals surface area contributed by atoms with Crippen molar-refractivity contribution in [2.24, 2.45) is 5.84 Å². The zero-order chi connectivity index (χ0) is 16.0. The van der Waals surface area contributed by atoms with Gasteiger partial charge in [0.25, 0.3) is 0 Å². The molecule has 21 heavy (non-hydrogen) atoms. The third-order valence-corrected chi connectivity index (χ3v) is 4.84. The molecule has 0 atom stereocenters. The van der Waals surface area contributed by atoms with Crippen LogP contribution in [-0.2, 0) is 16.4 Å². The summed E-state index contributed by atoms with van der Waals surface area (Å²) in [6, 6.07) is 0. The van der Waals surface area contributed by atoms with Crippen molar-refractivity contribution in [2.45, 2.75) is 26.7 Å². The number of nitrogens with zero attached hydrogens (tertiary/aromatic N) is 3. The minimum absolute atomic E-state index is 0.00204. The normalized spacial score (nSPS) is 11.7. The monoisotopic (exact) mass is 316 g/mol. The van der Waals surface area contributed by atoms with E-state index in [4.69, 9.17) is 5.84 Å². The Hall–Kier alpha value is -1.45. The van der Waals surface area contributed by atoms with Gasteiger partial charge >= 0.3 is 0 Å². The van der Waals surface area contributed by atoms with E-state index in [0.717, 1.165) is 18.4 Å². The maximum absolute atomic E-state index is 11.7. The van der Waals surface area contributed by atoms with Crippen LogP contribution in [0.25, 0.3) is 0 Å². The number of aromatic nitrogens is 2. The number of nitrogen functional groups attached to an aromatic ring is 1. The Morgan fingerprint density at radius 3 is 2.38 bits per heavy atom. The van der Waals surface area contributed by atoms with Crippen LogP contribution in [0.5, 0.6) is 0 Å². The van der Waals surface area contributed by atoms with E-state index in [2.05, 4.69) is 20.7 Å². The van der Waals surface area contributed by atoms with Gasteiger partial charge in [0.1, 0.15) is 17.5 Å². The first-order valence-corrected chi connectivity index (χ1v) is 8.41. The largest absolute Gasteiger partial charge is 0.369 e. The molecule has 0 amide bonds. The third-order valence-electron chi connectivity index (χ3n) is 3.01. The first kappa shape index (κ1) is 17.6. The molecule has 0 unspecified atom stereocenters. The van der Waals surface area contributed by atoms with E-state index in [1.165, 1.54) is 18.4 Å². The lowest BCUT2D eigenvalue weighted by atomic mass is 10.2. The highest BCUT2D eigenvalue weighted by Crippen LogP contribution is 2.19. The zero-order valence-corrected chi connectivity index (χ0v) is 13.8. The molecule has 0 saturated carbocycles. The summed E-state index contributed by atoms with van der Waals surface area (Å²) in [5.74, 6) is 7.28. The predicted molar refractivity (Wildman–Crippen MR) is 84.5 cm³/mol. The topological polar surface area (TPSA) is 113 Å². The van der Waals surface area contributed by atoms with Crippen LogP contribution in [-0.4, -0.2) is 49.1 Å². The van der Waals surface area contributed by atoms with Crippen LogP contribution in [0.4, 0.5) is 11.6 Å². The average Bonchev–Trinajstić information content (AvgIpc) is 2.41. The molecule has 0 bridgehead atoms. The standard InChI is InChI=1S/C12H24N6O2S/c1-5-6-10-15-11(9(2)12(16-10)17-13)14-7-8-21(19,20)18(3)4/h5-8,13H2,1-4H3,(H2,14,15,16,17). The van der Waals surface area contributed by atoms with E-state index >= 15 is 0 Å². The Labute approximate surface area is 126 Å². The summed E-state index contributed by atoms with van der Waals surface area (Å²) < 4.78 is 24.6. The number of hydrogen-bond acceptors (Lipinski definition) is 7. The third kappa shape index (κ3) is 4.80. The van der Waals surface area contributed by atoms with Crippen LogP contribution in [0, 0.1) is 6.92 Å². The maximum atomic E-state index is 11.7. The second-order valence-electron chi connectivity index (χ2n) is 4.88. The molecule has 0 saturated heterocycles. The minimum atomic E-state index is -3.23. The molecule has 1 aromatic heterocycles. The zero-order valence-electron chi connectivity index (χ0n) is 13.0. The summed E-state index contributed by atoms with van der Waals surface area (Å²) >= 11 is 0. The highest BCUT2D eigenvalue weighted by molar-refractivity contribution is 7.89. The van der Waals surface area contributed by atoms with Gasteiger partial charge in [-0.25, -0.2) is 28.5 Å². The second-order valence-corrected chi connectivity index (χ2v) is 7.18. The van der Waals surface area contributed by atoms with Crippen molar-refractivity contribution in [3.8, 4) is 0 Å². The van der Waals surface area contributed by atoms with Gasteiger partial charge in [-0.15, -0.1) is 0 Å². The summed E-state index contributed by atoms with van der Waals surface area (Å²) in [6.07, 6.45) is 1.65. The van der Waals surface area contributed by atoms with Crippen LogP contribution >= 0.6 is 0 Å². The first-order valence-electron chi connectivity index (χ1n) is 6.80. The molecular formula is C12H24N6O2S. The summed E-state index contributed by atoms with van der Waals surface area (Å²) in [4.78, 5) is 8.72. The maximum Gasteiger partial charge on any atom is 0.215 e. The van der Waals surface area contributed by atoms with E-state index < -0.39 is 10.0 Å². The lowest BCUT2D eigenvalue weighted by molar-refractivity contribution is 0.521. The fourth-order valence-corrected chi connectivity index (χ4v) is 2.42. The summed E-state index contributed by atoms with van der Waals surface area (Å²) in [5.41, 5.74) is 3.31. The molecule has 120 valence electrons. The van der Waals surface area contributed by atoms with Gasteiger partial charge in [-0.05, 0) is 13.3 Å². The van der Waals surface area contributed by atoms with Crippen molar-refractivity contribution >= 4 is 21.7 Å². The van der Waals surface area contributed by atoms with Crippen molar-refractivity contribution in [1.82, 2.24) is 14.3 Å². The first-order chi connectivity index (χ1) is 9.81. The van der Waals surface area contributed by atoms with Gasteiger partial charge in [0.2, 0.25) is 10.0 Å². The van der Waals surface area contributed by atoms with Crippen LogP contribution in [0.15, 0.2) is 0 Å². The molecule has 8 nitrogen and oxygen atoms in total. The molecule has 9 heteroatoms. The highest BCUT2D eigenvalue weighted by Gasteiger charge is 2.14. The summed E-state index contributed by atoms with van der Waals surface area (Å²) in [6.45, 7) is 4.14. The van der Waals surface area contributed by atoms with Crippen molar-refractivity contribution in [3.63, 3.8) is 0 Å². The van der Waals surface area contributed by atoms with Gasteiger partial charge in [-0.3, -0.25) is 0 Å². The van der Waals surface area contributed by atoms with Crippen molar-refractivity contribution in [1.29, 1.82) is 0 Å². The fraction of sp³-hybridized carbons (Fsp3) is 0.667. The number of anilines is 2. The van der Waals surface area contributed by atoms with E-state index in [9.17, 15) is 8.42 Å². The average molecular weight is 316 g/mol. The summed E-state index contributed by atoms with van der Waals surface area (Å²) in [5, 5.41) is 3.04. The molecule has 1 rings (SSSR count). The molecule has 4 N–H and O–H groups in total. The number of nitrogens with two attached hydrogens (primary N) is 1. The number of rotatable bonds is 8. The Balaban J connectivity index is 2.85. The van der Waals surface area contributed by atoms with E-state index in [1.807, 2.05) is 13.8 Å². The molecule has 1 heterocycles. The molecule has 1 aromatic rings. The van der Waals surface area contributed by atoms with Gasteiger partial charge < -0.3 is 10.7 Å². The van der Waals surface area contributed by atoms with Gasteiger partial charge in [0.15, 0.2) is 0 Å². The SMILES string of the molecule is CCCc1nc(NN)c(C)c(NCCS(=O)(=O)N(C)C)n1. The lowest BCUT2D eigenvalue weighted by Gasteiger charge is -2.15. The van der Waals surface area contributed by atoms with Crippen LogP contribution in [0.3, 0.4) is 0 Å². The summed E-state index contributed by atoms with van der Waals surface area (Å²) in [7, 11) is -0.200. The van der Waals surface area contributed by atoms with Crippen LogP contribution in [0.1, 0.15) is 24.7 Å². The Kier molecular flexibility index (Phi) is 6.31. The number of hydrazine groups is 1. The molecule has 0 aliphatic heterocycles. The lowest BCUT2D eigenvalue weighted by Crippen LogP contribution is -2.28. The molecule has 0 fully saturated rings. The second kappa shape index (κ2) is 7.53. The smallest absolute Gasteiger partial charge is 0.215 e. The number of nitrogens with one attached hydrogen (secondary N) is 2. The van der Waals surface area contributed by atoms with Crippen molar-refractivity contribution < 1.29 is 8.42 Å². The molecule has 0 aromatic carbocycles. The van der Waals surface area contributed by atoms with Crippen molar-refractivity contribution in [2.75, 3.05) is 37.1 Å². The van der Waals surface area contributed by atoms with Gasteiger partial charge in [-0.2, -0.15) is 0 Å². The minimum Gasteiger partial charge on any atom is -0.369 e. The number of aryl methyl sites for hydroxylation is 1. The molecular weight excluding hydrogens is 292 g/mol. The van der Waals surface area contributed by atoms with Gasteiger partial charge in [-0.1, -0.05) is 6.92 Å². The van der Waals surface area contributed by atoms with E-state index in [1.54, 1.807) is 0 Å². The Morgan fingerprint density at radius 1 is 1.24 bits per heavy atom. The predicted octanol–water partition coefficient (Wildman–Crippen LogP) is 0.326. The Bertz CT molecular complexity index is 573. The van der Waals surface area contributed by atoms with E-state index in [-0.39, 0.29) is 12.3 Å². The van der Waals surface area contributed by atoms with Crippen LogP contribution in [0.2, 0.25) is 0 Å².